The van der Waals surface area contributed by atoms with Crippen molar-refractivity contribution in [3.05, 3.63) is 22.7 Å². The molecule has 1 N–H and O–H groups in total. The molecular weight excluding hydrogens is 334 g/mol. The zero-order valence-electron chi connectivity index (χ0n) is 8.74. The molecule has 0 saturated heterocycles. The maximum atomic E-state index is 11.3. The maximum absolute atomic E-state index is 11.3. The van der Waals surface area contributed by atoms with Crippen LogP contribution in [-0.4, -0.2) is 28.0 Å². The fraction of sp³-hybridized carbons (Fsp3) is 0.222. The third kappa shape index (κ3) is 4.18. The van der Waals surface area contributed by atoms with Crippen LogP contribution in [0.3, 0.4) is 0 Å². The largest absolute Gasteiger partial charge is 0.482 e. The third-order valence-corrected chi connectivity index (χ3v) is 3.64. The number of rotatable bonds is 4. The first kappa shape index (κ1) is 14.3. The second-order valence-electron chi connectivity index (χ2n) is 2.99. The number of ether oxygens (including phenoxy) is 1. The lowest BCUT2D eigenvalue weighted by Gasteiger charge is -2.09. The van der Waals surface area contributed by atoms with Crippen LogP contribution in [-0.2, 0) is 13.8 Å². The van der Waals surface area contributed by atoms with Crippen molar-refractivity contribution in [3.8, 4) is 5.75 Å². The quantitative estimate of drug-likeness (QED) is 0.842. The average molecular weight is 343 g/mol. The molecule has 0 atom stereocenters. The van der Waals surface area contributed by atoms with Gasteiger partial charge in [-0.1, -0.05) is 15.9 Å². The van der Waals surface area contributed by atoms with E-state index in [9.17, 15) is 13.2 Å². The van der Waals surface area contributed by atoms with Crippen LogP contribution >= 0.6 is 26.6 Å². The number of hydrogen-bond acceptors (Lipinski definition) is 4. The van der Waals surface area contributed by atoms with Crippen molar-refractivity contribution in [2.24, 2.45) is 0 Å². The Labute approximate surface area is 112 Å². The minimum absolute atomic E-state index is 0.0341. The van der Waals surface area contributed by atoms with E-state index in [1.165, 1.54) is 19.2 Å². The molecule has 1 aromatic rings. The Kier molecular flexibility index (Phi) is 4.79. The Morgan fingerprint density at radius 1 is 1.53 bits per heavy atom. The van der Waals surface area contributed by atoms with Crippen LogP contribution < -0.4 is 10.1 Å². The number of benzene rings is 1. The molecule has 94 valence electrons. The van der Waals surface area contributed by atoms with Crippen LogP contribution in [0, 0.1) is 0 Å². The molecule has 8 heteroatoms. The van der Waals surface area contributed by atoms with Crippen LogP contribution in [0.4, 0.5) is 0 Å². The fourth-order valence-electron chi connectivity index (χ4n) is 1.01. The van der Waals surface area contributed by atoms with E-state index in [1.807, 2.05) is 0 Å². The summed E-state index contributed by atoms with van der Waals surface area (Å²) in [5.74, 6) is -0.336. The molecule has 1 rings (SSSR count). The van der Waals surface area contributed by atoms with Crippen LogP contribution in [0.15, 0.2) is 27.6 Å². The first-order valence-corrected chi connectivity index (χ1v) is 7.52. The highest BCUT2D eigenvalue weighted by molar-refractivity contribution is 9.10. The highest BCUT2D eigenvalue weighted by atomic mass is 79.9. The smallest absolute Gasteiger partial charge is 0.265 e. The highest BCUT2D eigenvalue weighted by Gasteiger charge is 2.18. The van der Waals surface area contributed by atoms with Crippen LogP contribution in [0.25, 0.3) is 0 Å². The molecule has 0 bridgehead atoms. The number of amides is 1. The van der Waals surface area contributed by atoms with Gasteiger partial charge in [-0.25, -0.2) is 8.42 Å². The van der Waals surface area contributed by atoms with Gasteiger partial charge in [-0.05, 0) is 18.2 Å². The summed E-state index contributed by atoms with van der Waals surface area (Å²) in [7, 11) is 2.78. The Hall–Kier alpha value is -0.790. The van der Waals surface area contributed by atoms with Gasteiger partial charge in [-0.15, -0.1) is 0 Å². The molecule has 17 heavy (non-hydrogen) atoms. The van der Waals surface area contributed by atoms with Gasteiger partial charge in [0.05, 0.1) is 0 Å². The van der Waals surface area contributed by atoms with Gasteiger partial charge in [0.2, 0.25) is 0 Å². The summed E-state index contributed by atoms with van der Waals surface area (Å²) in [6.45, 7) is -0.280. The highest BCUT2D eigenvalue weighted by Crippen LogP contribution is 2.29. The van der Waals surface area contributed by atoms with Crippen LogP contribution in [0.2, 0.25) is 0 Å². The Morgan fingerprint density at radius 3 is 2.71 bits per heavy atom. The number of carbonyl (C=O) groups excluding carboxylic acids is 1. The molecule has 1 aromatic carbocycles. The lowest BCUT2D eigenvalue weighted by molar-refractivity contribution is -0.122. The van der Waals surface area contributed by atoms with E-state index in [-0.39, 0.29) is 23.2 Å². The van der Waals surface area contributed by atoms with Gasteiger partial charge in [0.1, 0.15) is 10.6 Å². The van der Waals surface area contributed by atoms with E-state index in [2.05, 4.69) is 21.2 Å². The monoisotopic (exact) mass is 341 g/mol. The second kappa shape index (κ2) is 5.70. The van der Waals surface area contributed by atoms with Crippen LogP contribution in [0.5, 0.6) is 5.75 Å². The average Bonchev–Trinajstić information content (AvgIpc) is 2.25. The van der Waals surface area contributed by atoms with Crippen molar-refractivity contribution in [3.63, 3.8) is 0 Å². The predicted octanol–water partition coefficient (Wildman–Crippen LogP) is 1.50. The van der Waals surface area contributed by atoms with Crippen molar-refractivity contribution < 1.29 is 17.9 Å². The number of halogens is 2. The Balaban J connectivity index is 3.04. The van der Waals surface area contributed by atoms with E-state index < -0.39 is 9.05 Å². The van der Waals surface area contributed by atoms with Gasteiger partial charge in [0.15, 0.2) is 6.61 Å². The molecule has 0 radical (unpaired) electrons. The van der Waals surface area contributed by atoms with Crippen molar-refractivity contribution in [2.45, 2.75) is 4.90 Å². The third-order valence-electron chi connectivity index (χ3n) is 1.81. The summed E-state index contributed by atoms with van der Waals surface area (Å²) in [6, 6.07) is 4.31. The fourth-order valence-corrected chi connectivity index (χ4v) is 2.52. The van der Waals surface area contributed by atoms with Gasteiger partial charge < -0.3 is 10.1 Å². The van der Waals surface area contributed by atoms with E-state index in [0.29, 0.717) is 4.47 Å². The summed E-state index contributed by atoms with van der Waals surface area (Å²) in [6.07, 6.45) is 0. The lowest BCUT2D eigenvalue weighted by Crippen LogP contribution is -2.25. The Bertz CT molecular complexity index is 532. The van der Waals surface area contributed by atoms with E-state index in [1.54, 1.807) is 6.07 Å². The molecule has 0 aromatic heterocycles. The van der Waals surface area contributed by atoms with Crippen molar-refractivity contribution in [2.75, 3.05) is 13.7 Å². The maximum Gasteiger partial charge on any atom is 0.265 e. The summed E-state index contributed by atoms with van der Waals surface area (Å²) in [4.78, 5) is 10.8. The number of likely N-dealkylation sites (N-methyl/N-ethyl adjacent to an activating group) is 1. The summed E-state index contributed by atoms with van der Waals surface area (Å²) in [5, 5.41) is 2.35. The van der Waals surface area contributed by atoms with Gasteiger partial charge in [0.25, 0.3) is 15.0 Å². The molecule has 0 aliphatic heterocycles. The predicted molar refractivity (Wildman–Crippen MR) is 66.7 cm³/mol. The molecule has 0 spiro atoms. The molecule has 0 saturated carbocycles. The first-order valence-electron chi connectivity index (χ1n) is 4.42. The standard InChI is InChI=1S/C9H9BrClNO4S/c1-12-9(13)5-16-7-3-2-6(10)4-8(7)17(11,14)15/h2-4H,5H2,1H3,(H,12,13). The van der Waals surface area contributed by atoms with Crippen molar-refractivity contribution >= 4 is 41.6 Å². The second-order valence-corrected chi connectivity index (χ2v) is 6.44. The lowest BCUT2D eigenvalue weighted by atomic mass is 10.3. The first-order chi connectivity index (χ1) is 7.84. The topological polar surface area (TPSA) is 72.5 Å². The summed E-state index contributed by atoms with van der Waals surface area (Å²) < 4.78 is 28.2. The van der Waals surface area contributed by atoms with Gasteiger partial charge in [-0.3, -0.25) is 4.79 Å². The minimum atomic E-state index is -3.93. The number of nitrogens with one attached hydrogen (secondary N) is 1. The van der Waals surface area contributed by atoms with Crippen LogP contribution in [0.1, 0.15) is 0 Å². The number of hydrogen-bond donors (Lipinski definition) is 1. The normalized spacial score (nSPS) is 11.0. The van der Waals surface area contributed by atoms with Gasteiger partial charge in [0, 0.05) is 22.2 Å². The SMILES string of the molecule is CNC(=O)COc1ccc(Br)cc1S(=O)(=O)Cl. The van der Waals surface area contributed by atoms with E-state index >= 15 is 0 Å². The summed E-state index contributed by atoms with van der Waals surface area (Å²) in [5.41, 5.74) is 0. The molecule has 5 nitrogen and oxygen atoms in total. The molecule has 0 aliphatic rings. The molecule has 0 fully saturated rings. The zero-order chi connectivity index (χ0) is 13.1. The molecule has 1 amide bonds. The summed E-state index contributed by atoms with van der Waals surface area (Å²) >= 11 is 3.12. The minimum Gasteiger partial charge on any atom is -0.482 e. The Morgan fingerprint density at radius 2 is 2.18 bits per heavy atom. The number of carbonyl (C=O) groups is 1. The molecular formula is C9H9BrClNO4S. The van der Waals surface area contributed by atoms with Crippen molar-refractivity contribution in [1.82, 2.24) is 5.32 Å². The van der Waals surface area contributed by atoms with Crippen molar-refractivity contribution in [1.29, 1.82) is 0 Å². The van der Waals surface area contributed by atoms with E-state index in [0.717, 1.165) is 0 Å². The molecule has 0 unspecified atom stereocenters. The van der Waals surface area contributed by atoms with Gasteiger partial charge in [-0.2, -0.15) is 0 Å². The van der Waals surface area contributed by atoms with E-state index in [4.69, 9.17) is 15.4 Å². The zero-order valence-corrected chi connectivity index (χ0v) is 11.9. The molecule has 0 aliphatic carbocycles. The molecule has 0 heterocycles. The van der Waals surface area contributed by atoms with Gasteiger partial charge >= 0.3 is 0 Å².